The molecular formula is C14H25NO2Si. The lowest BCUT2D eigenvalue weighted by atomic mass is 10.0. The summed E-state index contributed by atoms with van der Waals surface area (Å²) in [6.45, 7) is 14.5. The monoisotopic (exact) mass is 267 g/mol. The van der Waals surface area contributed by atoms with Crippen LogP contribution in [0.5, 0.6) is 5.75 Å². The number of aromatic nitrogens is 1. The summed E-state index contributed by atoms with van der Waals surface area (Å²) >= 11 is 0. The molecule has 0 aliphatic heterocycles. The van der Waals surface area contributed by atoms with Crippen molar-refractivity contribution in [3.8, 4) is 5.75 Å². The van der Waals surface area contributed by atoms with Crippen molar-refractivity contribution in [3.63, 3.8) is 0 Å². The molecule has 0 radical (unpaired) electrons. The highest BCUT2D eigenvalue weighted by Crippen LogP contribution is 2.37. The molecule has 1 aromatic rings. The molecule has 0 aromatic carbocycles. The van der Waals surface area contributed by atoms with E-state index in [0.29, 0.717) is 0 Å². The quantitative estimate of drug-likeness (QED) is 0.849. The molecule has 1 rings (SSSR count). The van der Waals surface area contributed by atoms with Crippen LogP contribution in [0, 0.1) is 0 Å². The smallest absolute Gasteiger partial charge is 0.250 e. The van der Waals surface area contributed by atoms with E-state index in [0.717, 1.165) is 11.3 Å². The molecule has 0 saturated heterocycles. The molecule has 18 heavy (non-hydrogen) atoms. The number of nitrogens with zero attached hydrogens (tertiary/aromatic N) is 1. The Morgan fingerprint density at radius 3 is 2.11 bits per heavy atom. The first-order valence-electron chi connectivity index (χ1n) is 6.30. The molecule has 1 aromatic heterocycles. The minimum absolute atomic E-state index is 0.151. The first kappa shape index (κ1) is 15.2. The molecular weight excluding hydrogens is 242 g/mol. The van der Waals surface area contributed by atoms with Crippen molar-refractivity contribution in [2.24, 2.45) is 0 Å². The predicted octanol–water partition coefficient (Wildman–Crippen LogP) is 3.69. The van der Waals surface area contributed by atoms with Crippen LogP contribution in [0.25, 0.3) is 0 Å². The van der Waals surface area contributed by atoms with E-state index in [1.807, 2.05) is 6.07 Å². The number of hydrogen-bond acceptors (Lipinski definition) is 3. The number of hydrogen-bond donors (Lipinski definition) is 1. The minimum atomic E-state index is -1.85. The van der Waals surface area contributed by atoms with Gasteiger partial charge in [-0.05, 0) is 38.0 Å². The van der Waals surface area contributed by atoms with Gasteiger partial charge in [0.1, 0.15) is 5.75 Å². The van der Waals surface area contributed by atoms with Gasteiger partial charge in [0.2, 0.25) is 0 Å². The average Bonchev–Trinajstić information content (AvgIpc) is 2.14. The summed E-state index contributed by atoms with van der Waals surface area (Å²) < 4.78 is 6.17. The van der Waals surface area contributed by atoms with E-state index >= 15 is 0 Å². The summed E-state index contributed by atoms with van der Waals surface area (Å²) in [5.41, 5.74) is -0.113. The van der Waals surface area contributed by atoms with Crippen LogP contribution >= 0.6 is 0 Å². The lowest BCUT2D eigenvalue weighted by molar-refractivity contribution is 0.0780. The lowest BCUT2D eigenvalue weighted by Crippen LogP contribution is -2.43. The van der Waals surface area contributed by atoms with Crippen LogP contribution in [0.4, 0.5) is 0 Å². The maximum absolute atomic E-state index is 9.99. The van der Waals surface area contributed by atoms with Crippen molar-refractivity contribution in [1.29, 1.82) is 0 Å². The van der Waals surface area contributed by atoms with Crippen LogP contribution in [0.15, 0.2) is 18.5 Å². The van der Waals surface area contributed by atoms with Crippen LogP contribution in [-0.2, 0) is 5.60 Å². The van der Waals surface area contributed by atoms with Gasteiger partial charge in [0.05, 0.1) is 11.8 Å². The number of aliphatic hydroxyl groups is 1. The van der Waals surface area contributed by atoms with Crippen LogP contribution < -0.4 is 4.43 Å². The Kier molecular flexibility index (Phi) is 3.94. The third-order valence-electron chi connectivity index (χ3n) is 3.60. The maximum atomic E-state index is 9.99. The normalized spacial score (nSPS) is 13.6. The van der Waals surface area contributed by atoms with Gasteiger partial charge in [-0.1, -0.05) is 20.8 Å². The zero-order chi connectivity index (χ0) is 14.2. The maximum Gasteiger partial charge on any atom is 0.250 e. The third kappa shape index (κ3) is 3.56. The second kappa shape index (κ2) is 4.66. The second-order valence-electron chi connectivity index (χ2n) is 6.83. The van der Waals surface area contributed by atoms with Crippen molar-refractivity contribution in [2.45, 2.75) is 58.4 Å². The fraction of sp³-hybridized carbons (Fsp3) is 0.643. The van der Waals surface area contributed by atoms with Gasteiger partial charge >= 0.3 is 0 Å². The summed E-state index contributed by atoms with van der Waals surface area (Å²) in [7, 11) is -1.85. The molecule has 0 aliphatic rings. The van der Waals surface area contributed by atoms with Gasteiger partial charge < -0.3 is 9.53 Å². The van der Waals surface area contributed by atoms with Gasteiger partial charge in [-0.3, -0.25) is 4.98 Å². The van der Waals surface area contributed by atoms with Crippen molar-refractivity contribution in [1.82, 2.24) is 4.98 Å². The fourth-order valence-electron chi connectivity index (χ4n) is 1.26. The topological polar surface area (TPSA) is 42.4 Å². The van der Waals surface area contributed by atoms with Gasteiger partial charge in [-0.25, -0.2) is 0 Å². The van der Waals surface area contributed by atoms with Crippen molar-refractivity contribution >= 4 is 8.32 Å². The number of pyridine rings is 1. The summed E-state index contributed by atoms with van der Waals surface area (Å²) in [6, 6.07) is 1.88. The molecule has 0 spiro atoms. The predicted molar refractivity (Wildman–Crippen MR) is 77.3 cm³/mol. The Bertz CT molecular complexity index is 417. The van der Waals surface area contributed by atoms with Crippen LogP contribution in [0.1, 0.15) is 40.2 Å². The zero-order valence-electron chi connectivity index (χ0n) is 12.5. The molecule has 1 N–H and O–H groups in total. The van der Waals surface area contributed by atoms with Crippen LogP contribution in [0.2, 0.25) is 18.1 Å². The average molecular weight is 267 g/mol. The molecule has 0 fully saturated rings. The Balaban J connectivity index is 3.00. The lowest BCUT2D eigenvalue weighted by Gasteiger charge is -2.36. The van der Waals surface area contributed by atoms with Gasteiger partial charge in [-0.2, -0.15) is 0 Å². The molecule has 0 unspecified atom stereocenters. The van der Waals surface area contributed by atoms with E-state index in [2.05, 4.69) is 38.8 Å². The summed E-state index contributed by atoms with van der Waals surface area (Å²) in [4.78, 5) is 4.15. The second-order valence-corrected chi connectivity index (χ2v) is 11.6. The highest BCUT2D eigenvalue weighted by molar-refractivity contribution is 6.74. The summed E-state index contributed by atoms with van der Waals surface area (Å²) in [5.74, 6) is 0.751. The van der Waals surface area contributed by atoms with Crippen molar-refractivity contribution < 1.29 is 9.53 Å². The summed E-state index contributed by atoms with van der Waals surface area (Å²) in [6.07, 6.45) is 3.40. The minimum Gasteiger partial charge on any atom is -0.542 e. The van der Waals surface area contributed by atoms with Crippen LogP contribution in [-0.4, -0.2) is 18.4 Å². The highest BCUT2D eigenvalue weighted by Gasteiger charge is 2.39. The first-order valence-corrected chi connectivity index (χ1v) is 9.21. The van der Waals surface area contributed by atoms with Gasteiger partial charge in [-0.15, -0.1) is 0 Å². The highest BCUT2D eigenvalue weighted by atomic mass is 28.4. The standard InChI is InChI=1S/C14H25NO2Si/c1-13(2,3)18(6,7)17-12-8-11(9-15-10-12)14(4,5)16/h8-10,16H,1-7H3. The Morgan fingerprint density at radius 1 is 1.11 bits per heavy atom. The largest absolute Gasteiger partial charge is 0.542 e. The molecule has 102 valence electrons. The van der Waals surface area contributed by atoms with Gasteiger partial charge in [0.25, 0.3) is 8.32 Å². The Hall–Kier alpha value is -0.873. The van der Waals surface area contributed by atoms with E-state index < -0.39 is 13.9 Å². The van der Waals surface area contributed by atoms with Gasteiger partial charge in [0, 0.05) is 11.8 Å². The Labute approximate surface area is 111 Å². The Morgan fingerprint density at radius 2 is 1.67 bits per heavy atom. The van der Waals surface area contributed by atoms with E-state index in [-0.39, 0.29) is 5.04 Å². The third-order valence-corrected chi connectivity index (χ3v) is 7.96. The molecule has 0 aliphatic carbocycles. The SMILES string of the molecule is CC(C)(O)c1cncc(O[Si](C)(C)C(C)(C)C)c1. The number of rotatable bonds is 3. The van der Waals surface area contributed by atoms with E-state index in [1.165, 1.54) is 0 Å². The van der Waals surface area contributed by atoms with E-state index in [1.54, 1.807) is 26.2 Å². The first-order chi connectivity index (χ1) is 7.93. The van der Waals surface area contributed by atoms with Gasteiger partial charge in [0.15, 0.2) is 0 Å². The molecule has 0 bridgehead atoms. The molecule has 0 atom stereocenters. The molecule has 1 heterocycles. The molecule has 4 heteroatoms. The van der Waals surface area contributed by atoms with Crippen molar-refractivity contribution in [2.75, 3.05) is 0 Å². The van der Waals surface area contributed by atoms with Crippen molar-refractivity contribution in [3.05, 3.63) is 24.0 Å². The zero-order valence-corrected chi connectivity index (χ0v) is 13.5. The van der Waals surface area contributed by atoms with E-state index in [4.69, 9.17) is 4.43 Å². The molecule has 0 saturated carbocycles. The molecule has 0 amide bonds. The molecule has 3 nitrogen and oxygen atoms in total. The van der Waals surface area contributed by atoms with E-state index in [9.17, 15) is 5.11 Å². The van der Waals surface area contributed by atoms with Crippen LogP contribution in [0.3, 0.4) is 0 Å². The summed E-state index contributed by atoms with van der Waals surface area (Å²) in [5, 5.41) is 10.1. The fourth-order valence-corrected chi connectivity index (χ4v) is 2.26.